The minimum atomic E-state index is -0.884. The molecule has 2 aromatic rings. The van der Waals surface area contributed by atoms with Crippen molar-refractivity contribution in [2.75, 3.05) is 5.32 Å². The maximum atomic E-state index is 11.2. The van der Waals surface area contributed by atoms with E-state index >= 15 is 0 Å². The van der Waals surface area contributed by atoms with Gasteiger partial charge in [0.2, 0.25) is 0 Å². The fraction of sp³-hybridized carbons (Fsp3) is 0.417. The number of carboxylic acids is 1. The molecule has 0 aliphatic carbocycles. The highest BCUT2D eigenvalue weighted by Gasteiger charge is 2.22. The third-order valence-electron chi connectivity index (χ3n) is 2.74. The molecule has 2 rings (SSSR count). The second-order valence-electron chi connectivity index (χ2n) is 4.60. The lowest BCUT2D eigenvalue weighted by Crippen LogP contribution is -2.34. The summed E-state index contributed by atoms with van der Waals surface area (Å²) >= 11 is 0. The number of carboxylic acid groups (broad SMARTS) is 1. The third-order valence-corrected chi connectivity index (χ3v) is 2.74. The Morgan fingerprint density at radius 3 is 2.83 bits per heavy atom. The number of carbonyl (C=O) groups is 1. The molecule has 6 heteroatoms. The average molecular weight is 248 g/mol. The van der Waals surface area contributed by atoms with Crippen molar-refractivity contribution in [3.05, 3.63) is 24.2 Å². The molecular weight excluding hydrogens is 232 g/mol. The molecule has 2 N–H and O–H groups in total. The van der Waals surface area contributed by atoms with Crippen LogP contribution in [0.1, 0.15) is 19.5 Å². The van der Waals surface area contributed by atoms with Crippen LogP contribution in [0.5, 0.6) is 0 Å². The number of hydrogen-bond acceptors (Lipinski definition) is 4. The molecule has 2 heterocycles. The molecule has 0 saturated carbocycles. The Kier molecular flexibility index (Phi) is 3.18. The summed E-state index contributed by atoms with van der Waals surface area (Å²) in [6.45, 7) is 5.59. The van der Waals surface area contributed by atoms with Crippen molar-refractivity contribution in [1.82, 2.24) is 14.6 Å². The number of anilines is 1. The lowest BCUT2D eigenvalue weighted by molar-refractivity contribution is -0.138. The van der Waals surface area contributed by atoms with E-state index in [1.807, 2.05) is 26.8 Å². The molecule has 0 bridgehead atoms. The van der Waals surface area contributed by atoms with Gasteiger partial charge in [0.25, 0.3) is 0 Å². The Bertz CT molecular complexity index is 576. The summed E-state index contributed by atoms with van der Waals surface area (Å²) in [5.74, 6) is -0.377. The van der Waals surface area contributed by atoms with E-state index in [1.165, 1.54) is 0 Å². The zero-order chi connectivity index (χ0) is 13.3. The lowest BCUT2D eigenvalue weighted by Gasteiger charge is -2.18. The van der Waals surface area contributed by atoms with Gasteiger partial charge in [0.15, 0.2) is 5.82 Å². The van der Waals surface area contributed by atoms with Crippen molar-refractivity contribution in [2.24, 2.45) is 5.92 Å². The quantitative estimate of drug-likeness (QED) is 0.858. The fourth-order valence-corrected chi connectivity index (χ4v) is 1.82. The van der Waals surface area contributed by atoms with E-state index in [-0.39, 0.29) is 5.92 Å². The second kappa shape index (κ2) is 4.64. The van der Waals surface area contributed by atoms with Gasteiger partial charge in [-0.15, -0.1) is 0 Å². The highest BCUT2D eigenvalue weighted by molar-refractivity contribution is 5.80. The Balaban J connectivity index is 2.39. The summed E-state index contributed by atoms with van der Waals surface area (Å²) < 4.78 is 1.68. The number of fused-ring (bicyclic) bond motifs is 1. The number of nitrogens with zero attached hydrogens (tertiary/aromatic N) is 3. The largest absolute Gasteiger partial charge is 0.480 e. The third kappa shape index (κ3) is 2.27. The summed E-state index contributed by atoms with van der Waals surface area (Å²) in [6, 6.07) is 1.20. The zero-order valence-corrected chi connectivity index (χ0v) is 10.6. The maximum Gasteiger partial charge on any atom is 0.326 e. The van der Waals surface area contributed by atoms with E-state index in [2.05, 4.69) is 15.4 Å². The second-order valence-corrected chi connectivity index (χ2v) is 4.60. The van der Waals surface area contributed by atoms with Crippen molar-refractivity contribution in [1.29, 1.82) is 0 Å². The maximum absolute atomic E-state index is 11.2. The topological polar surface area (TPSA) is 79.5 Å². The van der Waals surface area contributed by atoms with Gasteiger partial charge in [-0.2, -0.15) is 5.10 Å². The number of hydrogen-bond donors (Lipinski definition) is 2. The number of aryl methyl sites for hydroxylation is 1. The summed E-state index contributed by atoms with van der Waals surface area (Å²) in [7, 11) is 0. The first kappa shape index (κ1) is 12.3. The summed E-state index contributed by atoms with van der Waals surface area (Å²) in [4.78, 5) is 15.4. The standard InChI is InChI=1S/C12H16N4O2/c1-7(2)10(12(17)18)14-11-9-6-8(3)15-16(9)5-4-13-11/h4-7,10H,1-3H3,(H,13,14)(H,17,18)/t10-/m0/s1. The van der Waals surface area contributed by atoms with E-state index in [9.17, 15) is 4.79 Å². The average Bonchev–Trinajstić information content (AvgIpc) is 2.65. The summed E-state index contributed by atoms with van der Waals surface area (Å²) in [5, 5.41) is 16.4. The number of rotatable bonds is 4. The highest BCUT2D eigenvalue weighted by atomic mass is 16.4. The van der Waals surface area contributed by atoms with Gasteiger partial charge in [-0.25, -0.2) is 14.3 Å². The molecule has 0 saturated heterocycles. The predicted octanol–water partition coefficient (Wildman–Crippen LogP) is 1.56. The molecule has 0 aromatic carbocycles. The van der Waals surface area contributed by atoms with Gasteiger partial charge >= 0.3 is 5.97 Å². The van der Waals surface area contributed by atoms with Gasteiger partial charge < -0.3 is 10.4 Å². The lowest BCUT2D eigenvalue weighted by atomic mass is 10.1. The number of nitrogens with one attached hydrogen (secondary N) is 1. The van der Waals surface area contributed by atoms with Crippen LogP contribution in [0.15, 0.2) is 18.5 Å². The monoisotopic (exact) mass is 248 g/mol. The molecule has 0 unspecified atom stereocenters. The van der Waals surface area contributed by atoms with Crippen LogP contribution in [0.25, 0.3) is 5.52 Å². The van der Waals surface area contributed by atoms with Gasteiger partial charge in [0.05, 0.1) is 5.69 Å². The van der Waals surface area contributed by atoms with E-state index in [0.717, 1.165) is 11.2 Å². The molecule has 1 atom stereocenters. The highest BCUT2D eigenvalue weighted by Crippen LogP contribution is 2.17. The Hall–Kier alpha value is -2.11. The molecule has 0 amide bonds. The predicted molar refractivity (Wildman–Crippen MR) is 67.6 cm³/mol. The minimum Gasteiger partial charge on any atom is -0.480 e. The first-order valence-electron chi connectivity index (χ1n) is 5.79. The van der Waals surface area contributed by atoms with Gasteiger partial charge in [-0.1, -0.05) is 13.8 Å². The van der Waals surface area contributed by atoms with E-state index < -0.39 is 12.0 Å². The van der Waals surface area contributed by atoms with E-state index in [4.69, 9.17) is 5.11 Å². The number of aromatic nitrogens is 3. The van der Waals surface area contributed by atoms with Gasteiger partial charge in [0, 0.05) is 12.4 Å². The van der Waals surface area contributed by atoms with Crippen LogP contribution in [0.2, 0.25) is 0 Å². The van der Waals surface area contributed by atoms with Crippen LogP contribution in [0.3, 0.4) is 0 Å². The molecule has 2 aromatic heterocycles. The Labute approximate surface area is 105 Å². The summed E-state index contributed by atoms with van der Waals surface area (Å²) in [6.07, 6.45) is 3.33. The van der Waals surface area contributed by atoms with Gasteiger partial charge in [-0.05, 0) is 18.9 Å². The van der Waals surface area contributed by atoms with Crippen molar-refractivity contribution in [3.8, 4) is 0 Å². The molecule has 6 nitrogen and oxygen atoms in total. The molecule has 0 aliphatic rings. The smallest absolute Gasteiger partial charge is 0.326 e. The van der Waals surface area contributed by atoms with Crippen LogP contribution in [0.4, 0.5) is 5.82 Å². The normalized spacial score (nSPS) is 12.9. The van der Waals surface area contributed by atoms with Gasteiger partial charge in [0.1, 0.15) is 11.6 Å². The Morgan fingerprint density at radius 1 is 1.50 bits per heavy atom. The van der Waals surface area contributed by atoms with E-state index in [0.29, 0.717) is 5.82 Å². The van der Waals surface area contributed by atoms with Crippen molar-refractivity contribution in [3.63, 3.8) is 0 Å². The molecule has 0 radical (unpaired) electrons. The van der Waals surface area contributed by atoms with Crippen molar-refractivity contribution >= 4 is 17.3 Å². The van der Waals surface area contributed by atoms with Crippen molar-refractivity contribution in [2.45, 2.75) is 26.8 Å². The Morgan fingerprint density at radius 2 is 2.22 bits per heavy atom. The molecule has 0 fully saturated rings. The molecule has 18 heavy (non-hydrogen) atoms. The van der Waals surface area contributed by atoms with Crippen LogP contribution in [-0.2, 0) is 4.79 Å². The minimum absolute atomic E-state index is 0.0337. The first-order chi connectivity index (χ1) is 8.49. The van der Waals surface area contributed by atoms with Crippen LogP contribution >= 0.6 is 0 Å². The molecule has 0 aliphatic heterocycles. The number of aliphatic carboxylic acids is 1. The van der Waals surface area contributed by atoms with Crippen LogP contribution in [0, 0.1) is 12.8 Å². The van der Waals surface area contributed by atoms with Crippen LogP contribution < -0.4 is 5.32 Å². The SMILES string of the molecule is Cc1cc2c(N[C@H](C(=O)O)C(C)C)nccn2n1. The molecule has 96 valence electrons. The van der Waals surface area contributed by atoms with Gasteiger partial charge in [-0.3, -0.25) is 0 Å². The molecule has 0 spiro atoms. The van der Waals surface area contributed by atoms with E-state index in [1.54, 1.807) is 16.9 Å². The van der Waals surface area contributed by atoms with Crippen molar-refractivity contribution < 1.29 is 9.90 Å². The summed E-state index contributed by atoms with van der Waals surface area (Å²) in [5.41, 5.74) is 1.64. The zero-order valence-electron chi connectivity index (χ0n) is 10.6. The van der Waals surface area contributed by atoms with Crippen LogP contribution in [-0.4, -0.2) is 31.7 Å². The molecular formula is C12H16N4O2. The fourth-order valence-electron chi connectivity index (χ4n) is 1.82. The first-order valence-corrected chi connectivity index (χ1v) is 5.79.